The summed E-state index contributed by atoms with van der Waals surface area (Å²) in [6, 6.07) is 9.12. The van der Waals surface area contributed by atoms with Gasteiger partial charge in [-0.2, -0.15) is 0 Å². The van der Waals surface area contributed by atoms with Crippen LogP contribution in [-0.4, -0.2) is 24.1 Å². The number of carbonyl (C=O) groups is 2. The fourth-order valence-electron chi connectivity index (χ4n) is 3.13. The fourth-order valence-corrected chi connectivity index (χ4v) is 3.13. The minimum absolute atomic E-state index is 0.287. The summed E-state index contributed by atoms with van der Waals surface area (Å²) in [5, 5.41) is 6.81. The van der Waals surface area contributed by atoms with Crippen molar-refractivity contribution in [2.75, 3.05) is 7.11 Å². The van der Waals surface area contributed by atoms with E-state index in [-0.39, 0.29) is 5.91 Å². The van der Waals surface area contributed by atoms with E-state index in [0.29, 0.717) is 23.4 Å². The Bertz CT molecular complexity index is 735. The predicted octanol–water partition coefficient (Wildman–Crippen LogP) is 2.99. The third-order valence-corrected chi connectivity index (χ3v) is 4.58. The van der Waals surface area contributed by atoms with Crippen LogP contribution in [0.2, 0.25) is 0 Å². The van der Waals surface area contributed by atoms with E-state index in [2.05, 4.69) is 10.5 Å². The molecule has 2 atom stereocenters. The minimum Gasteiger partial charge on any atom is -0.467 e. The number of benzene rings is 1. The van der Waals surface area contributed by atoms with Gasteiger partial charge in [0.15, 0.2) is 5.54 Å². The molecule has 25 heavy (non-hydrogen) atoms. The number of carbonyl (C=O) groups excluding carboxylic acids is 2. The van der Waals surface area contributed by atoms with Crippen LogP contribution in [0.1, 0.15) is 48.8 Å². The largest absolute Gasteiger partial charge is 0.467 e. The van der Waals surface area contributed by atoms with Gasteiger partial charge in [0.25, 0.3) is 0 Å². The molecule has 1 aromatic carbocycles. The molecule has 0 aliphatic heterocycles. The summed E-state index contributed by atoms with van der Waals surface area (Å²) in [5.74, 6) is -0.698. The monoisotopic (exact) mass is 344 g/mol. The molecule has 2 rings (SSSR count). The van der Waals surface area contributed by atoms with Gasteiger partial charge in [0.1, 0.15) is 5.76 Å². The first-order valence-electron chi connectivity index (χ1n) is 8.26. The molecule has 0 fully saturated rings. The van der Waals surface area contributed by atoms with Crippen molar-refractivity contribution < 1.29 is 18.8 Å². The number of ether oxygens (including phenoxy) is 1. The zero-order valence-electron chi connectivity index (χ0n) is 15.3. The molecule has 0 unspecified atom stereocenters. The molecule has 1 aromatic heterocycles. The molecular formula is C19H24N2O4. The van der Waals surface area contributed by atoms with Crippen LogP contribution < -0.4 is 5.32 Å². The number of esters is 1. The summed E-state index contributed by atoms with van der Waals surface area (Å²) in [6.07, 6.45) is 0.365. The molecule has 0 aliphatic rings. The summed E-state index contributed by atoms with van der Waals surface area (Å²) in [5.41, 5.74) is 0.851. The molecule has 1 heterocycles. The van der Waals surface area contributed by atoms with Gasteiger partial charge in [-0.3, -0.25) is 4.79 Å². The third-order valence-electron chi connectivity index (χ3n) is 4.58. The van der Waals surface area contributed by atoms with Crippen LogP contribution in [0.4, 0.5) is 0 Å². The first-order valence-corrected chi connectivity index (χ1v) is 8.26. The van der Waals surface area contributed by atoms with E-state index in [4.69, 9.17) is 9.26 Å². The van der Waals surface area contributed by atoms with Crippen molar-refractivity contribution in [3.8, 4) is 0 Å². The Balaban J connectivity index is 2.40. The Morgan fingerprint density at radius 3 is 2.40 bits per heavy atom. The molecule has 0 aliphatic carbocycles. The number of aromatic nitrogens is 1. The van der Waals surface area contributed by atoms with Crippen LogP contribution in [-0.2, 0) is 19.9 Å². The van der Waals surface area contributed by atoms with Gasteiger partial charge in [0.2, 0.25) is 5.91 Å². The van der Waals surface area contributed by atoms with E-state index in [9.17, 15) is 9.59 Å². The van der Waals surface area contributed by atoms with Gasteiger partial charge >= 0.3 is 5.97 Å². The lowest BCUT2D eigenvalue weighted by atomic mass is 9.86. The average molecular weight is 344 g/mol. The first-order chi connectivity index (χ1) is 11.9. The van der Waals surface area contributed by atoms with Crippen LogP contribution in [0.15, 0.2) is 34.9 Å². The van der Waals surface area contributed by atoms with E-state index in [1.54, 1.807) is 32.9 Å². The standard InChI is InChI=1S/C19H24N2O4/c1-6-19(18(23)24-5,15-10-8-7-9-11-15)20-17(22)12(2)16-13(3)21-25-14(16)4/h7-12H,6H2,1-5H3,(H,20,22)/t12-,19+/m0/s1. The molecular weight excluding hydrogens is 320 g/mol. The highest BCUT2D eigenvalue weighted by atomic mass is 16.5. The zero-order chi connectivity index (χ0) is 18.6. The SMILES string of the molecule is CC[C@](NC(=O)[C@@H](C)c1c(C)noc1C)(C(=O)OC)c1ccccc1. The fraction of sp³-hybridized carbons (Fsp3) is 0.421. The molecule has 0 saturated heterocycles. The molecule has 0 saturated carbocycles. The normalized spacial score (nSPS) is 14.4. The molecule has 0 spiro atoms. The Kier molecular flexibility index (Phi) is 5.62. The Labute approximate surface area is 147 Å². The molecule has 6 heteroatoms. The lowest BCUT2D eigenvalue weighted by Gasteiger charge is -2.32. The highest BCUT2D eigenvalue weighted by Crippen LogP contribution is 2.30. The van der Waals surface area contributed by atoms with Crippen molar-refractivity contribution in [1.82, 2.24) is 10.5 Å². The van der Waals surface area contributed by atoms with Crippen LogP contribution >= 0.6 is 0 Å². The smallest absolute Gasteiger partial charge is 0.336 e. The first kappa shape index (κ1) is 18.7. The zero-order valence-corrected chi connectivity index (χ0v) is 15.3. The lowest BCUT2D eigenvalue weighted by Crippen LogP contribution is -2.53. The van der Waals surface area contributed by atoms with Gasteiger partial charge < -0.3 is 14.6 Å². The maximum Gasteiger partial charge on any atom is 0.336 e. The van der Waals surface area contributed by atoms with Gasteiger partial charge in [-0.1, -0.05) is 42.4 Å². The third kappa shape index (κ3) is 3.43. The Hall–Kier alpha value is -2.63. The van der Waals surface area contributed by atoms with E-state index >= 15 is 0 Å². The van der Waals surface area contributed by atoms with Crippen molar-refractivity contribution in [3.05, 3.63) is 52.9 Å². The molecule has 1 amide bonds. The van der Waals surface area contributed by atoms with Crippen molar-refractivity contribution in [2.24, 2.45) is 0 Å². The Morgan fingerprint density at radius 1 is 1.28 bits per heavy atom. The van der Waals surface area contributed by atoms with Crippen LogP contribution in [0, 0.1) is 13.8 Å². The highest BCUT2D eigenvalue weighted by Gasteiger charge is 2.42. The van der Waals surface area contributed by atoms with E-state index < -0.39 is 17.4 Å². The molecule has 2 aromatic rings. The second-order valence-corrected chi connectivity index (χ2v) is 6.07. The number of methoxy groups -OCH3 is 1. The van der Waals surface area contributed by atoms with Crippen molar-refractivity contribution >= 4 is 11.9 Å². The molecule has 134 valence electrons. The van der Waals surface area contributed by atoms with E-state index in [1.165, 1.54) is 7.11 Å². The van der Waals surface area contributed by atoms with Crippen LogP contribution in [0.5, 0.6) is 0 Å². The second-order valence-electron chi connectivity index (χ2n) is 6.07. The molecule has 6 nitrogen and oxygen atoms in total. The van der Waals surface area contributed by atoms with Crippen LogP contribution in [0.25, 0.3) is 0 Å². The van der Waals surface area contributed by atoms with Crippen LogP contribution in [0.3, 0.4) is 0 Å². The molecule has 0 radical (unpaired) electrons. The van der Waals surface area contributed by atoms with Crippen molar-refractivity contribution in [3.63, 3.8) is 0 Å². The van der Waals surface area contributed by atoms with Crippen molar-refractivity contribution in [2.45, 2.75) is 45.6 Å². The summed E-state index contributed by atoms with van der Waals surface area (Å²) in [7, 11) is 1.32. The maximum absolute atomic E-state index is 12.9. The van der Waals surface area contributed by atoms with Gasteiger partial charge in [0.05, 0.1) is 18.7 Å². The number of amides is 1. The number of nitrogens with one attached hydrogen (secondary N) is 1. The Morgan fingerprint density at radius 2 is 1.92 bits per heavy atom. The number of hydrogen-bond donors (Lipinski definition) is 1. The van der Waals surface area contributed by atoms with Gasteiger partial charge in [0, 0.05) is 5.56 Å². The summed E-state index contributed by atoms with van der Waals surface area (Å²) in [6.45, 7) is 7.17. The molecule has 1 N–H and O–H groups in total. The molecule has 0 bridgehead atoms. The quantitative estimate of drug-likeness (QED) is 0.815. The van der Waals surface area contributed by atoms with Gasteiger partial charge in [-0.15, -0.1) is 0 Å². The lowest BCUT2D eigenvalue weighted by molar-refractivity contribution is -0.152. The number of hydrogen-bond acceptors (Lipinski definition) is 5. The number of rotatable bonds is 6. The summed E-state index contributed by atoms with van der Waals surface area (Å²) in [4.78, 5) is 25.5. The number of aryl methyl sites for hydroxylation is 2. The topological polar surface area (TPSA) is 81.4 Å². The summed E-state index contributed by atoms with van der Waals surface area (Å²) < 4.78 is 10.1. The van der Waals surface area contributed by atoms with E-state index in [1.807, 2.05) is 25.1 Å². The highest BCUT2D eigenvalue weighted by molar-refractivity contribution is 5.92. The van der Waals surface area contributed by atoms with E-state index in [0.717, 1.165) is 5.56 Å². The van der Waals surface area contributed by atoms with Crippen molar-refractivity contribution in [1.29, 1.82) is 0 Å². The predicted molar refractivity (Wildman–Crippen MR) is 93.0 cm³/mol. The summed E-state index contributed by atoms with van der Waals surface area (Å²) >= 11 is 0. The average Bonchev–Trinajstić information content (AvgIpc) is 2.97. The number of nitrogens with zero attached hydrogens (tertiary/aromatic N) is 1. The second kappa shape index (κ2) is 7.51. The maximum atomic E-state index is 12.9. The van der Waals surface area contributed by atoms with Gasteiger partial charge in [-0.05, 0) is 32.8 Å². The minimum atomic E-state index is -1.24. The van der Waals surface area contributed by atoms with Gasteiger partial charge in [-0.25, -0.2) is 4.79 Å².